The van der Waals surface area contributed by atoms with Gasteiger partial charge in [0.25, 0.3) is 0 Å². The molecule has 1 aromatic carbocycles. The molecular weight excluding hydrogens is 292 g/mol. The summed E-state index contributed by atoms with van der Waals surface area (Å²) in [6.45, 7) is 4.60. The van der Waals surface area contributed by atoms with Gasteiger partial charge in [0.05, 0.1) is 11.0 Å². The van der Waals surface area contributed by atoms with E-state index in [2.05, 4.69) is 15.3 Å². The number of amides is 1. The van der Waals surface area contributed by atoms with Gasteiger partial charge in [-0.05, 0) is 43.4 Å². The quantitative estimate of drug-likeness (QED) is 0.596. The number of carbonyl (C=O) groups excluding carboxylic acids is 1. The number of nitrogens with one attached hydrogen (secondary N) is 3. The van der Waals surface area contributed by atoms with Crippen LogP contribution in [0.25, 0.3) is 11.0 Å². The van der Waals surface area contributed by atoms with Gasteiger partial charge in [-0.25, -0.2) is 4.79 Å². The predicted molar refractivity (Wildman–Crippen MR) is 92.4 cm³/mol. The number of carbonyl (C=O) groups is 1. The van der Waals surface area contributed by atoms with Crippen molar-refractivity contribution in [2.75, 3.05) is 6.54 Å². The van der Waals surface area contributed by atoms with Crippen LogP contribution in [0.15, 0.2) is 23.0 Å². The zero-order valence-corrected chi connectivity index (χ0v) is 13.9. The van der Waals surface area contributed by atoms with Crippen LogP contribution in [0.1, 0.15) is 45.1 Å². The van der Waals surface area contributed by atoms with E-state index in [1.54, 1.807) is 0 Å². The van der Waals surface area contributed by atoms with Crippen LogP contribution in [0.3, 0.4) is 0 Å². The van der Waals surface area contributed by atoms with Crippen LogP contribution < -0.4 is 16.7 Å². The lowest BCUT2D eigenvalue weighted by Gasteiger charge is -2.26. The average Bonchev–Trinajstić information content (AvgIpc) is 2.92. The number of aromatic nitrogens is 2. The molecular formula is C17H26N4O2. The highest BCUT2D eigenvalue weighted by atomic mass is 16.1. The van der Waals surface area contributed by atoms with Gasteiger partial charge in [0.15, 0.2) is 0 Å². The normalized spacial score (nSPS) is 11.8. The average molecular weight is 318 g/mol. The van der Waals surface area contributed by atoms with Crippen LogP contribution >= 0.6 is 0 Å². The summed E-state index contributed by atoms with van der Waals surface area (Å²) < 4.78 is 0. The first-order valence-electron chi connectivity index (χ1n) is 8.22. The first-order chi connectivity index (χ1) is 11.0. The van der Waals surface area contributed by atoms with Crippen molar-refractivity contribution in [2.45, 2.75) is 51.5 Å². The van der Waals surface area contributed by atoms with Crippen molar-refractivity contribution in [1.82, 2.24) is 15.3 Å². The van der Waals surface area contributed by atoms with Crippen LogP contribution in [0, 0.1) is 0 Å². The fraction of sp³-hybridized carbons (Fsp3) is 0.529. The number of hydrogen-bond donors (Lipinski definition) is 4. The van der Waals surface area contributed by atoms with Crippen molar-refractivity contribution in [1.29, 1.82) is 0 Å². The maximum absolute atomic E-state index is 11.9. The maximum Gasteiger partial charge on any atom is 0.323 e. The van der Waals surface area contributed by atoms with Gasteiger partial charge >= 0.3 is 5.69 Å². The van der Waals surface area contributed by atoms with Crippen LogP contribution in [0.4, 0.5) is 0 Å². The molecule has 1 heterocycles. The molecule has 2 rings (SSSR count). The third kappa shape index (κ3) is 4.69. The predicted octanol–water partition coefficient (Wildman–Crippen LogP) is 1.81. The summed E-state index contributed by atoms with van der Waals surface area (Å²) in [4.78, 5) is 28.6. The highest BCUT2D eigenvalue weighted by Crippen LogP contribution is 2.13. The fourth-order valence-electron chi connectivity index (χ4n) is 2.55. The number of rotatable bonds is 8. The lowest BCUT2D eigenvalue weighted by atomic mass is 9.94. The van der Waals surface area contributed by atoms with Gasteiger partial charge in [0.2, 0.25) is 5.91 Å². The number of imidazole rings is 1. The first kappa shape index (κ1) is 17.3. The Bertz CT molecular complexity index is 713. The van der Waals surface area contributed by atoms with Crippen LogP contribution in [0.2, 0.25) is 0 Å². The summed E-state index contributed by atoms with van der Waals surface area (Å²) in [5.41, 5.74) is 8.38. The van der Waals surface area contributed by atoms with Gasteiger partial charge in [-0.2, -0.15) is 0 Å². The monoisotopic (exact) mass is 318 g/mol. The molecule has 126 valence electrons. The second-order valence-corrected chi connectivity index (χ2v) is 6.16. The van der Waals surface area contributed by atoms with Crippen LogP contribution in [0.5, 0.6) is 0 Å². The van der Waals surface area contributed by atoms with Gasteiger partial charge in [-0.15, -0.1) is 0 Å². The minimum absolute atomic E-state index is 0.0397. The van der Waals surface area contributed by atoms with E-state index in [1.165, 1.54) is 0 Å². The lowest BCUT2D eigenvalue weighted by Crippen LogP contribution is -2.49. The summed E-state index contributed by atoms with van der Waals surface area (Å²) in [6, 6.07) is 5.81. The molecule has 0 bridgehead atoms. The Hall–Kier alpha value is -2.08. The number of aryl methyl sites for hydroxylation is 1. The zero-order valence-electron chi connectivity index (χ0n) is 13.9. The topological polar surface area (TPSA) is 104 Å². The Kier molecular flexibility index (Phi) is 5.60. The van der Waals surface area contributed by atoms with E-state index in [1.807, 2.05) is 32.0 Å². The highest BCUT2D eigenvalue weighted by molar-refractivity contribution is 5.76. The molecule has 0 fully saturated rings. The summed E-state index contributed by atoms with van der Waals surface area (Å²) in [6.07, 6.45) is 3.73. The van der Waals surface area contributed by atoms with Gasteiger partial charge in [0, 0.05) is 18.5 Å². The summed E-state index contributed by atoms with van der Waals surface area (Å²) in [7, 11) is 0. The molecule has 0 aliphatic heterocycles. The summed E-state index contributed by atoms with van der Waals surface area (Å²) in [5.74, 6) is 0.0397. The molecule has 0 saturated carbocycles. The fourth-order valence-corrected chi connectivity index (χ4v) is 2.55. The molecule has 0 atom stereocenters. The Balaban J connectivity index is 1.79. The number of nitrogens with two attached hydrogens (primary N) is 1. The molecule has 0 saturated heterocycles. The van der Waals surface area contributed by atoms with Crippen LogP contribution in [-0.2, 0) is 11.2 Å². The Morgan fingerprint density at radius 3 is 2.61 bits per heavy atom. The summed E-state index contributed by atoms with van der Waals surface area (Å²) in [5, 5.41) is 2.93. The first-order valence-corrected chi connectivity index (χ1v) is 8.22. The maximum atomic E-state index is 11.9. The van der Waals surface area contributed by atoms with E-state index < -0.39 is 0 Å². The molecule has 0 unspecified atom stereocenters. The van der Waals surface area contributed by atoms with E-state index in [9.17, 15) is 9.59 Å². The second kappa shape index (κ2) is 7.46. The number of hydrogen-bond acceptors (Lipinski definition) is 3. The van der Waals surface area contributed by atoms with Crippen molar-refractivity contribution in [2.24, 2.45) is 5.73 Å². The van der Waals surface area contributed by atoms with Crippen molar-refractivity contribution < 1.29 is 4.79 Å². The SMILES string of the molecule is CCC(N)(CC)CNC(=O)CCCc1ccc2[nH]c(=O)[nH]c2c1. The third-order valence-corrected chi connectivity index (χ3v) is 4.50. The lowest BCUT2D eigenvalue weighted by molar-refractivity contribution is -0.121. The van der Waals surface area contributed by atoms with E-state index in [0.717, 1.165) is 42.3 Å². The van der Waals surface area contributed by atoms with Crippen molar-refractivity contribution >= 4 is 16.9 Å². The Morgan fingerprint density at radius 1 is 1.22 bits per heavy atom. The van der Waals surface area contributed by atoms with Gasteiger partial charge in [0.1, 0.15) is 0 Å². The van der Waals surface area contributed by atoms with E-state index in [0.29, 0.717) is 13.0 Å². The van der Waals surface area contributed by atoms with Crippen molar-refractivity contribution in [3.63, 3.8) is 0 Å². The van der Waals surface area contributed by atoms with E-state index in [-0.39, 0.29) is 17.1 Å². The molecule has 6 nitrogen and oxygen atoms in total. The minimum Gasteiger partial charge on any atom is -0.354 e. The van der Waals surface area contributed by atoms with Crippen molar-refractivity contribution in [3.05, 3.63) is 34.2 Å². The van der Waals surface area contributed by atoms with E-state index in [4.69, 9.17) is 5.73 Å². The summed E-state index contributed by atoms with van der Waals surface area (Å²) >= 11 is 0. The Morgan fingerprint density at radius 2 is 1.91 bits per heavy atom. The van der Waals surface area contributed by atoms with E-state index >= 15 is 0 Å². The molecule has 5 N–H and O–H groups in total. The molecule has 6 heteroatoms. The molecule has 0 radical (unpaired) electrons. The molecule has 23 heavy (non-hydrogen) atoms. The minimum atomic E-state index is -0.305. The molecule has 2 aromatic rings. The number of benzene rings is 1. The molecule has 0 aliphatic carbocycles. The van der Waals surface area contributed by atoms with Gasteiger partial charge < -0.3 is 21.0 Å². The zero-order chi connectivity index (χ0) is 16.9. The van der Waals surface area contributed by atoms with Crippen molar-refractivity contribution in [3.8, 4) is 0 Å². The molecule has 1 aromatic heterocycles. The molecule has 0 spiro atoms. The van der Waals surface area contributed by atoms with Gasteiger partial charge in [-0.3, -0.25) is 4.79 Å². The highest BCUT2D eigenvalue weighted by Gasteiger charge is 2.20. The number of H-pyrrole nitrogens is 2. The molecule has 0 aliphatic rings. The van der Waals surface area contributed by atoms with Crippen LogP contribution in [-0.4, -0.2) is 28.0 Å². The standard InChI is InChI=1S/C17H26N4O2/c1-3-17(18,4-2)11-19-15(22)7-5-6-12-8-9-13-14(10-12)21-16(23)20-13/h8-10H,3-7,11,18H2,1-2H3,(H,19,22)(H2,20,21,23). The third-order valence-electron chi connectivity index (χ3n) is 4.50. The smallest absolute Gasteiger partial charge is 0.323 e. The molecule has 1 amide bonds. The Labute approximate surface area is 135 Å². The number of fused-ring (bicyclic) bond motifs is 1. The van der Waals surface area contributed by atoms with Gasteiger partial charge in [-0.1, -0.05) is 19.9 Å². The number of aromatic amines is 2. The second-order valence-electron chi connectivity index (χ2n) is 6.16. The largest absolute Gasteiger partial charge is 0.354 e.